The summed E-state index contributed by atoms with van der Waals surface area (Å²) >= 11 is 0. The molecule has 1 atom stereocenters. The Labute approximate surface area is 221 Å². The molecule has 1 aromatic heterocycles. The largest absolute Gasteiger partial charge is 0.464 e. The second kappa shape index (κ2) is 11.9. The first-order valence-corrected chi connectivity index (χ1v) is 13.9. The Bertz CT molecular complexity index is 1480. The standard InChI is InChI=1S/C27H33N3O7S/c1-27(26(33)28-34,38(4,35)36)13-15-30-14-11-22-17-21(9-10-23(22)25(30)32)20-7-5-19(6-8-20)12-16-37-24(31)18-29(2)3/h5-11,14,17,34H,12-13,15-16,18H2,1-4H3,(H,28,33). The molecule has 1 amide bonds. The third-order valence-electron chi connectivity index (χ3n) is 6.59. The van der Waals surface area contributed by atoms with Crippen LogP contribution in [0.4, 0.5) is 0 Å². The van der Waals surface area contributed by atoms with Gasteiger partial charge in [0.2, 0.25) is 0 Å². The number of fused-ring (bicyclic) bond motifs is 1. The van der Waals surface area contributed by atoms with E-state index in [1.165, 1.54) is 17.0 Å². The van der Waals surface area contributed by atoms with Crippen LogP contribution in [0, 0.1) is 0 Å². The van der Waals surface area contributed by atoms with Crippen LogP contribution in [-0.2, 0) is 37.1 Å². The van der Waals surface area contributed by atoms with Gasteiger partial charge < -0.3 is 9.30 Å². The van der Waals surface area contributed by atoms with Gasteiger partial charge in [-0.1, -0.05) is 30.3 Å². The summed E-state index contributed by atoms with van der Waals surface area (Å²) < 4.78 is 29.1. The molecule has 2 N–H and O–H groups in total. The molecule has 3 aromatic rings. The van der Waals surface area contributed by atoms with Gasteiger partial charge in [0.25, 0.3) is 11.5 Å². The van der Waals surface area contributed by atoms with E-state index in [2.05, 4.69) is 0 Å². The lowest BCUT2D eigenvalue weighted by molar-refractivity contribution is -0.144. The average Bonchev–Trinajstić information content (AvgIpc) is 2.86. The molecule has 1 unspecified atom stereocenters. The number of nitrogens with zero attached hydrogens (tertiary/aromatic N) is 2. The number of amides is 1. The highest BCUT2D eigenvalue weighted by Crippen LogP contribution is 2.25. The first-order chi connectivity index (χ1) is 17.9. The van der Waals surface area contributed by atoms with Crippen molar-refractivity contribution < 1.29 is 28.0 Å². The first-order valence-electron chi connectivity index (χ1n) is 12.0. The molecular formula is C27H33N3O7S. The molecule has 0 fully saturated rings. The molecular weight excluding hydrogens is 510 g/mol. The van der Waals surface area contributed by atoms with Crippen molar-refractivity contribution in [1.82, 2.24) is 14.9 Å². The van der Waals surface area contributed by atoms with E-state index in [1.54, 1.807) is 37.3 Å². The van der Waals surface area contributed by atoms with Gasteiger partial charge in [0.05, 0.1) is 13.2 Å². The molecule has 0 spiro atoms. The van der Waals surface area contributed by atoms with Crippen LogP contribution in [0.15, 0.2) is 59.5 Å². The number of ether oxygens (including phenoxy) is 1. The van der Waals surface area contributed by atoms with Crippen LogP contribution in [0.1, 0.15) is 18.9 Å². The predicted octanol–water partition coefficient (Wildman–Crippen LogP) is 2.01. The van der Waals surface area contributed by atoms with Crippen molar-refractivity contribution in [3.63, 3.8) is 0 Å². The Balaban J connectivity index is 1.74. The Hall–Kier alpha value is -3.54. The molecule has 0 aliphatic rings. The lowest BCUT2D eigenvalue weighted by Crippen LogP contribution is -2.49. The van der Waals surface area contributed by atoms with Crippen molar-refractivity contribution >= 4 is 32.5 Å². The lowest BCUT2D eigenvalue weighted by atomic mass is 10.0. The van der Waals surface area contributed by atoms with Crippen molar-refractivity contribution in [2.24, 2.45) is 0 Å². The number of benzene rings is 2. The maximum atomic E-state index is 13.1. The van der Waals surface area contributed by atoms with Crippen LogP contribution < -0.4 is 11.0 Å². The number of rotatable bonds is 11. The van der Waals surface area contributed by atoms with Crippen molar-refractivity contribution in [2.75, 3.05) is 33.5 Å². The third kappa shape index (κ3) is 6.66. The minimum atomic E-state index is -3.87. The first kappa shape index (κ1) is 29.0. The Morgan fingerprint density at radius 3 is 2.34 bits per heavy atom. The second-order valence-corrected chi connectivity index (χ2v) is 12.2. The van der Waals surface area contributed by atoms with E-state index in [0.717, 1.165) is 28.3 Å². The number of hydrogen-bond donors (Lipinski definition) is 2. The molecule has 2 aromatic carbocycles. The highest BCUT2D eigenvalue weighted by Gasteiger charge is 2.43. The van der Waals surface area contributed by atoms with E-state index in [9.17, 15) is 22.8 Å². The second-order valence-electron chi connectivity index (χ2n) is 9.72. The van der Waals surface area contributed by atoms with Crippen molar-refractivity contribution in [3.05, 3.63) is 70.6 Å². The van der Waals surface area contributed by atoms with Gasteiger partial charge in [-0.3, -0.25) is 24.5 Å². The summed E-state index contributed by atoms with van der Waals surface area (Å²) in [6, 6.07) is 15.1. The SMILES string of the molecule is CN(C)CC(=O)OCCc1ccc(-c2ccc3c(=O)n(CCC(C)(C(=O)NO)S(C)(=O)=O)ccc3c2)cc1. The van der Waals surface area contributed by atoms with E-state index in [4.69, 9.17) is 9.94 Å². The topological polar surface area (TPSA) is 135 Å². The molecule has 3 rings (SSSR count). The summed E-state index contributed by atoms with van der Waals surface area (Å²) in [6.45, 7) is 1.74. The highest BCUT2D eigenvalue weighted by molar-refractivity contribution is 7.92. The molecule has 0 aliphatic heterocycles. The zero-order chi connectivity index (χ0) is 28.1. The number of carbonyl (C=O) groups is 2. The molecule has 11 heteroatoms. The van der Waals surface area contributed by atoms with Gasteiger partial charge in [0, 0.05) is 30.8 Å². The minimum Gasteiger partial charge on any atom is -0.464 e. The van der Waals surface area contributed by atoms with Gasteiger partial charge in [0.1, 0.15) is 0 Å². The average molecular weight is 544 g/mol. The number of hydrogen-bond acceptors (Lipinski definition) is 8. The fourth-order valence-electron chi connectivity index (χ4n) is 4.01. The zero-order valence-corrected chi connectivity index (χ0v) is 22.7. The summed E-state index contributed by atoms with van der Waals surface area (Å²) in [4.78, 5) is 38.5. The number of sulfone groups is 1. The number of aryl methyl sites for hydroxylation is 1. The van der Waals surface area contributed by atoms with Crippen LogP contribution in [0.2, 0.25) is 0 Å². The number of likely N-dealkylation sites (N-methyl/N-ethyl adjacent to an activating group) is 1. The summed E-state index contributed by atoms with van der Waals surface area (Å²) in [5.74, 6) is -1.31. The molecule has 0 saturated heterocycles. The van der Waals surface area contributed by atoms with Crippen molar-refractivity contribution in [2.45, 2.75) is 31.1 Å². The summed E-state index contributed by atoms with van der Waals surface area (Å²) in [5, 5.41) is 10.2. The van der Waals surface area contributed by atoms with Crippen molar-refractivity contribution in [3.8, 4) is 11.1 Å². The summed E-state index contributed by atoms with van der Waals surface area (Å²) in [5.41, 5.74) is 4.01. The number of esters is 1. The van der Waals surface area contributed by atoms with Gasteiger partial charge in [-0.15, -0.1) is 0 Å². The number of hydroxylamine groups is 1. The van der Waals surface area contributed by atoms with Crippen LogP contribution in [0.3, 0.4) is 0 Å². The zero-order valence-electron chi connectivity index (χ0n) is 21.9. The number of pyridine rings is 1. The van der Waals surface area contributed by atoms with Crippen LogP contribution in [0.25, 0.3) is 21.9 Å². The van der Waals surface area contributed by atoms with Crippen LogP contribution in [-0.4, -0.2) is 73.2 Å². The maximum Gasteiger partial charge on any atom is 0.320 e. The molecule has 38 heavy (non-hydrogen) atoms. The van der Waals surface area contributed by atoms with E-state index in [-0.39, 0.29) is 31.0 Å². The quantitative estimate of drug-likeness (QED) is 0.213. The molecule has 0 aliphatic carbocycles. The van der Waals surface area contributed by atoms with Crippen LogP contribution in [0.5, 0.6) is 0 Å². The minimum absolute atomic E-state index is 0.0283. The van der Waals surface area contributed by atoms with Gasteiger partial charge >= 0.3 is 5.97 Å². The van der Waals surface area contributed by atoms with Gasteiger partial charge in [0.15, 0.2) is 14.6 Å². The Morgan fingerprint density at radius 1 is 1.08 bits per heavy atom. The number of aromatic nitrogens is 1. The van der Waals surface area contributed by atoms with Gasteiger partial charge in [-0.05, 0) is 67.7 Å². The normalized spacial score (nSPS) is 13.3. The molecule has 0 bridgehead atoms. The molecule has 10 nitrogen and oxygen atoms in total. The van der Waals surface area contributed by atoms with Gasteiger partial charge in [-0.25, -0.2) is 13.9 Å². The number of nitrogens with one attached hydrogen (secondary N) is 1. The fraction of sp³-hybridized carbons (Fsp3) is 0.370. The monoisotopic (exact) mass is 543 g/mol. The number of carbonyl (C=O) groups excluding carboxylic acids is 2. The van der Waals surface area contributed by atoms with Crippen LogP contribution >= 0.6 is 0 Å². The van der Waals surface area contributed by atoms with E-state index in [0.29, 0.717) is 18.4 Å². The summed E-state index contributed by atoms with van der Waals surface area (Å²) in [7, 11) is -0.253. The molecule has 0 radical (unpaired) electrons. The smallest absolute Gasteiger partial charge is 0.320 e. The van der Waals surface area contributed by atoms with Gasteiger partial charge in [-0.2, -0.15) is 0 Å². The van der Waals surface area contributed by atoms with Crippen molar-refractivity contribution in [1.29, 1.82) is 0 Å². The lowest BCUT2D eigenvalue weighted by Gasteiger charge is -2.25. The molecule has 0 saturated carbocycles. The van der Waals surface area contributed by atoms with E-state index in [1.807, 2.05) is 36.4 Å². The van der Waals surface area contributed by atoms with E-state index < -0.39 is 20.5 Å². The Kier molecular flexibility index (Phi) is 9.08. The highest BCUT2D eigenvalue weighted by atomic mass is 32.2. The summed E-state index contributed by atoms with van der Waals surface area (Å²) in [6.07, 6.45) is 2.90. The molecule has 204 valence electrons. The fourth-order valence-corrected chi connectivity index (χ4v) is 4.86. The predicted molar refractivity (Wildman–Crippen MR) is 145 cm³/mol. The van der Waals surface area contributed by atoms with E-state index >= 15 is 0 Å². The third-order valence-corrected chi connectivity index (χ3v) is 8.62. The Morgan fingerprint density at radius 2 is 1.74 bits per heavy atom. The molecule has 1 heterocycles. The maximum absolute atomic E-state index is 13.1.